The van der Waals surface area contributed by atoms with Crippen LogP contribution in [0.15, 0.2) is 40.8 Å². The third kappa shape index (κ3) is 3.66. The van der Waals surface area contributed by atoms with E-state index in [9.17, 15) is 0 Å². The SMILES string of the molecule is Cc1ccc(/C=N\Nc2nncn2/N=C\c2ccc(C)s2)s1. The highest BCUT2D eigenvalue weighted by molar-refractivity contribution is 7.13. The minimum absolute atomic E-state index is 0.467. The second-order valence-electron chi connectivity index (χ2n) is 4.51. The summed E-state index contributed by atoms with van der Waals surface area (Å²) in [6.45, 7) is 4.13. The van der Waals surface area contributed by atoms with Crippen LogP contribution in [0.2, 0.25) is 0 Å². The number of rotatable bonds is 5. The Bertz CT molecular complexity index is 811. The van der Waals surface area contributed by atoms with Crippen molar-refractivity contribution in [1.29, 1.82) is 0 Å². The van der Waals surface area contributed by atoms with Gasteiger partial charge in [0.05, 0.1) is 12.4 Å². The Hall–Kier alpha value is -2.32. The number of aromatic nitrogens is 3. The van der Waals surface area contributed by atoms with Gasteiger partial charge in [0, 0.05) is 19.5 Å². The van der Waals surface area contributed by atoms with Crippen molar-refractivity contribution >= 4 is 41.1 Å². The molecule has 112 valence electrons. The summed E-state index contributed by atoms with van der Waals surface area (Å²) in [4.78, 5) is 4.66. The van der Waals surface area contributed by atoms with Crippen LogP contribution in [-0.2, 0) is 0 Å². The number of thiophene rings is 2. The van der Waals surface area contributed by atoms with Crippen LogP contribution in [0.5, 0.6) is 0 Å². The van der Waals surface area contributed by atoms with Crippen LogP contribution in [0.4, 0.5) is 5.95 Å². The molecule has 0 fully saturated rings. The summed E-state index contributed by atoms with van der Waals surface area (Å²) in [6.07, 6.45) is 5.06. The molecule has 3 aromatic rings. The first-order chi connectivity index (χ1) is 10.7. The van der Waals surface area contributed by atoms with E-state index in [-0.39, 0.29) is 0 Å². The van der Waals surface area contributed by atoms with Crippen molar-refractivity contribution in [2.75, 3.05) is 5.43 Å². The van der Waals surface area contributed by atoms with Crippen molar-refractivity contribution < 1.29 is 0 Å². The molecule has 0 radical (unpaired) electrons. The van der Waals surface area contributed by atoms with Crippen LogP contribution in [0.1, 0.15) is 19.5 Å². The van der Waals surface area contributed by atoms with Crippen LogP contribution >= 0.6 is 22.7 Å². The first-order valence-electron chi connectivity index (χ1n) is 6.57. The van der Waals surface area contributed by atoms with Gasteiger partial charge in [0.1, 0.15) is 6.33 Å². The van der Waals surface area contributed by atoms with Crippen LogP contribution in [0.25, 0.3) is 0 Å². The quantitative estimate of drug-likeness (QED) is 0.576. The highest BCUT2D eigenvalue weighted by Crippen LogP contribution is 2.14. The zero-order chi connectivity index (χ0) is 15.4. The Balaban J connectivity index is 1.67. The second kappa shape index (κ2) is 6.63. The number of hydrogen-bond acceptors (Lipinski definition) is 7. The fourth-order valence-electron chi connectivity index (χ4n) is 1.71. The summed E-state index contributed by atoms with van der Waals surface area (Å²) < 4.78 is 1.55. The lowest BCUT2D eigenvalue weighted by Crippen LogP contribution is -1.98. The molecule has 0 atom stereocenters. The van der Waals surface area contributed by atoms with Crippen molar-refractivity contribution in [2.24, 2.45) is 10.2 Å². The van der Waals surface area contributed by atoms with Gasteiger partial charge < -0.3 is 0 Å². The molecule has 0 aliphatic rings. The van der Waals surface area contributed by atoms with E-state index in [4.69, 9.17) is 0 Å². The standard InChI is InChI=1S/C14H14N6S2/c1-10-3-5-12(21-10)7-15-18-14-19-16-9-20(14)17-8-13-6-4-11(2)22-13/h3-9H,1-2H3,(H,18,19)/b15-7-,17-8-. The largest absolute Gasteiger partial charge is 0.265 e. The number of anilines is 1. The van der Waals surface area contributed by atoms with Crippen molar-refractivity contribution in [1.82, 2.24) is 14.9 Å². The summed E-state index contributed by atoms with van der Waals surface area (Å²) >= 11 is 3.36. The van der Waals surface area contributed by atoms with Gasteiger partial charge in [-0.25, -0.2) is 5.43 Å². The Kier molecular flexibility index (Phi) is 4.40. The molecule has 0 saturated heterocycles. The Morgan fingerprint density at radius 1 is 1.05 bits per heavy atom. The van der Waals surface area contributed by atoms with Crippen molar-refractivity contribution in [3.8, 4) is 0 Å². The van der Waals surface area contributed by atoms with E-state index in [0.29, 0.717) is 5.95 Å². The van der Waals surface area contributed by atoms with Gasteiger partial charge in [-0.1, -0.05) is 0 Å². The van der Waals surface area contributed by atoms with Crippen LogP contribution in [0, 0.1) is 13.8 Å². The second-order valence-corrected chi connectivity index (χ2v) is 7.15. The Labute approximate surface area is 135 Å². The lowest BCUT2D eigenvalue weighted by Gasteiger charge is -1.97. The van der Waals surface area contributed by atoms with Crippen LogP contribution in [0.3, 0.4) is 0 Å². The minimum Gasteiger partial charge on any atom is -0.244 e. The molecular weight excluding hydrogens is 316 g/mol. The van der Waals surface area contributed by atoms with Gasteiger partial charge in [0.15, 0.2) is 0 Å². The maximum atomic E-state index is 4.32. The molecule has 1 N–H and O–H groups in total. The first kappa shape index (κ1) is 14.6. The Morgan fingerprint density at radius 2 is 1.73 bits per heavy atom. The summed E-state index contributed by atoms with van der Waals surface area (Å²) in [6, 6.07) is 8.16. The summed E-state index contributed by atoms with van der Waals surface area (Å²) in [5.41, 5.74) is 2.85. The maximum absolute atomic E-state index is 4.32. The Morgan fingerprint density at radius 3 is 2.36 bits per heavy atom. The zero-order valence-electron chi connectivity index (χ0n) is 12.1. The monoisotopic (exact) mass is 330 g/mol. The van der Waals surface area contributed by atoms with Gasteiger partial charge >= 0.3 is 0 Å². The van der Waals surface area contributed by atoms with Crippen molar-refractivity contribution in [3.05, 3.63) is 50.1 Å². The maximum Gasteiger partial charge on any atom is 0.265 e. The topological polar surface area (TPSA) is 67.5 Å². The zero-order valence-corrected chi connectivity index (χ0v) is 13.7. The smallest absolute Gasteiger partial charge is 0.244 e. The first-order valence-corrected chi connectivity index (χ1v) is 8.20. The molecule has 0 bridgehead atoms. The molecule has 3 rings (SSSR count). The summed E-state index contributed by atoms with van der Waals surface area (Å²) in [5, 5.41) is 16.3. The van der Waals surface area contributed by atoms with E-state index in [1.165, 1.54) is 16.1 Å². The fraction of sp³-hybridized carbons (Fsp3) is 0.143. The van der Waals surface area contributed by atoms with E-state index < -0.39 is 0 Å². The van der Waals surface area contributed by atoms with Crippen molar-refractivity contribution in [2.45, 2.75) is 13.8 Å². The molecule has 6 nitrogen and oxygen atoms in total. The van der Waals surface area contributed by atoms with Gasteiger partial charge in [0.25, 0.3) is 5.95 Å². The number of hydrazone groups is 1. The molecule has 0 unspecified atom stereocenters. The third-order valence-electron chi connectivity index (χ3n) is 2.72. The van der Waals surface area contributed by atoms with Gasteiger partial charge in [-0.05, 0) is 38.1 Å². The van der Waals surface area contributed by atoms with E-state index in [0.717, 1.165) is 9.75 Å². The van der Waals surface area contributed by atoms with Gasteiger partial charge in [-0.3, -0.25) is 0 Å². The molecule has 22 heavy (non-hydrogen) atoms. The van der Waals surface area contributed by atoms with Gasteiger partial charge in [-0.15, -0.1) is 32.9 Å². The van der Waals surface area contributed by atoms with E-state index in [2.05, 4.69) is 51.8 Å². The summed E-state index contributed by atoms with van der Waals surface area (Å²) in [5.74, 6) is 0.467. The lowest BCUT2D eigenvalue weighted by molar-refractivity contribution is 0.879. The molecule has 0 amide bonds. The molecule has 0 aromatic carbocycles. The minimum atomic E-state index is 0.467. The predicted molar refractivity (Wildman–Crippen MR) is 92.3 cm³/mol. The molecule has 3 aromatic heterocycles. The number of hydrogen-bond donors (Lipinski definition) is 1. The number of nitrogens with zero attached hydrogens (tertiary/aromatic N) is 5. The molecule has 0 aliphatic heterocycles. The highest BCUT2D eigenvalue weighted by atomic mass is 32.1. The normalized spacial score (nSPS) is 11.7. The molecule has 3 heterocycles. The average Bonchev–Trinajstić information content (AvgIpc) is 3.20. The number of nitrogens with one attached hydrogen (secondary N) is 1. The molecule has 0 aliphatic carbocycles. The molecule has 8 heteroatoms. The van der Waals surface area contributed by atoms with Crippen LogP contribution < -0.4 is 5.43 Å². The van der Waals surface area contributed by atoms with E-state index in [1.807, 2.05) is 12.1 Å². The fourth-order valence-corrected chi connectivity index (χ4v) is 3.20. The molecule has 0 spiro atoms. The molecular formula is C14H14N6S2. The summed E-state index contributed by atoms with van der Waals surface area (Å²) in [7, 11) is 0. The highest BCUT2D eigenvalue weighted by Gasteiger charge is 2.01. The van der Waals surface area contributed by atoms with E-state index in [1.54, 1.807) is 39.8 Å². The van der Waals surface area contributed by atoms with Crippen LogP contribution in [-0.4, -0.2) is 27.3 Å². The van der Waals surface area contributed by atoms with E-state index >= 15 is 0 Å². The third-order valence-corrected chi connectivity index (χ3v) is 4.59. The van der Waals surface area contributed by atoms with Gasteiger partial charge in [0.2, 0.25) is 0 Å². The lowest BCUT2D eigenvalue weighted by atomic mass is 10.4. The molecule has 0 saturated carbocycles. The van der Waals surface area contributed by atoms with Gasteiger partial charge in [-0.2, -0.15) is 14.9 Å². The number of aryl methyl sites for hydroxylation is 2. The average molecular weight is 330 g/mol. The van der Waals surface area contributed by atoms with Crippen molar-refractivity contribution in [3.63, 3.8) is 0 Å². The predicted octanol–water partition coefficient (Wildman–Crippen LogP) is 3.35.